The molecule has 2 N–H and O–H groups in total. The second kappa shape index (κ2) is 15.4. The Morgan fingerprint density at radius 1 is 0.757 bits per heavy atom. The van der Waals surface area contributed by atoms with Crippen LogP contribution in [0, 0.1) is 12.3 Å². The minimum absolute atomic E-state index is 0.0805. The summed E-state index contributed by atoms with van der Waals surface area (Å²) in [6.45, 7) is 0.419. The third kappa shape index (κ3) is 9.05. The van der Waals surface area contributed by atoms with Gasteiger partial charge >= 0.3 is 0 Å². The summed E-state index contributed by atoms with van der Waals surface area (Å²) in [5.74, 6) is 2.28. The Balaban J connectivity index is 1.80. The highest BCUT2D eigenvalue weighted by molar-refractivity contribution is 5.15. The molecule has 3 rings (SSSR count). The van der Waals surface area contributed by atoms with Gasteiger partial charge in [-0.2, -0.15) is 0 Å². The summed E-state index contributed by atoms with van der Waals surface area (Å²) in [4.78, 5) is 2.89. The van der Waals surface area contributed by atoms with Crippen molar-refractivity contribution in [3.05, 3.63) is 118 Å². The van der Waals surface area contributed by atoms with Crippen LogP contribution in [0.5, 0.6) is 0 Å². The average molecular weight is 502 g/mol. The maximum absolute atomic E-state index is 11.4. The lowest BCUT2D eigenvalue weighted by Gasteiger charge is -2.34. The van der Waals surface area contributed by atoms with Crippen molar-refractivity contribution >= 4 is 0 Å². The molecule has 0 saturated heterocycles. The summed E-state index contributed by atoms with van der Waals surface area (Å²) in [6.07, 6.45) is 0.511. The fourth-order valence-corrected chi connectivity index (χ4v) is 3.74. The van der Waals surface area contributed by atoms with Crippen LogP contribution in [0.2, 0.25) is 0 Å². The normalized spacial score (nSPS) is 14.9. The van der Waals surface area contributed by atoms with Crippen molar-refractivity contribution in [2.24, 2.45) is 5.11 Å². The molecule has 0 aliphatic carbocycles. The molecule has 3 aromatic rings. The Hall–Kier alpha value is -3.67. The Labute approximate surface area is 217 Å². The third-order valence-electron chi connectivity index (χ3n) is 5.71. The fourth-order valence-electron chi connectivity index (χ4n) is 3.74. The van der Waals surface area contributed by atoms with Crippen LogP contribution in [-0.4, -0.2) is 47.3 Å². The van der Waals surface area contributed by atoms with Gasteiger partial charge in [0.25, 0.3) is 0 Å². The molecule has 0 saturated carbocycles. The van der Waals surface area contributed by atoms with E-state index in [-0.39, 0.29) is 26.4 Å². The zero-order valence-electron chi connectivity index (χ0n) is 20.4. The van der Waals surface area contributed by atoms with Crippen LogP contribution in [0.1, 0.15) is 16.7 Å². The predicted molar refractivity (Wildman–Crippen MR) is 140 cm³/mol. The Morgan fingerprint density at radius 3 is 1.68 bits per heavy atom. The maximum atomic E-state index is 11.4. The van der Waals surface area contributed by atoms with Gasteiger partial charge in [-0.15, -0.1) is 6.42 Å². The largest absolute Gasteiger partial charge is 0.390 e. The first-order valence-corrected chi connectivity index (χ1v) is 11.9. The highest BCUT2D eigenvalue weighted by Gasteiger charge is 2.38. The van der Waals surface area contributed by atoms with E-state index in [1.165, 1.54) is 0 Å². The van der Waals surface area contributed by atoms with Gasteiger partial charge in [-0.1, -0.05) is 102 Å². The molecule has 37 heavy (non-hydrogen) atoms. The van der Waals surface area contributed by atoms with E-state index in [1.54, 1.807) is 0 Å². The summed E-state index contributed by atoms with van der Waals surface area (Å²) in [7, 11) is 0. The molecule has 0 aromatic heterocycles. The van der Waals surface area contributed by atoms with Gasteiger partial charge in [0.15, 0.2) is 0 Å². The molecule has 0 heterocycles. The second-order valence-corrected chi connectivity index (χ2v) is 8.40. The molecular formula is C29H31N3O5. The number of hydrogen-bond acceptors (Lipinski definition) is 6. The molecule has 3 aromatic carbocycles. The number of hydrogen-bond donors (Lipinski definition) is 2. The SMILES string of the molecule is C#C[C@@H](O)[C@@H](OCc1ccccc1)[C@@H](OCc1ccccc1)[C@H](O)[C@@H](COCc1ccccc1)N=[N+]=[N-]. The highest BCUT2D eigenvalue weighted by atomic mass is 16.6. The van der Waals surface area contributed by atoms with Gasteiger partial charge in [0, 0.05) is 4.91 Å². The molecule has 8 heteroatoms. The van der Waals surface area contributed by atoms with E-state index in [0.717, 1.165) is 16.7 Å². The van der Waals surface area contributed by atoms with Crippen LogP contribution >= 0.6 is 0 Å². The van der Waals surface area contributed by atoms with E-state index in [0.29, 0.717) is 0 Å². The van der Waals surface area contributed by atoms with E-state index in [4.69, 9.17) is 20.6 Å². The van der Waals surface area contributed by atoms with Crippen molar-refractivity contribution in [1.29, 1.82) is 0 Å². The zero-order chi connectivity index (χ0) is 26.3. The van der Waals surface area contributed by atoms with Gasteiger partial charge < -0.3 is 24.4 Å². The zero-order valence-corrected chi connectivity index (χ0v) is 20.4. The van der Waals surface area contributed by atoms with Crippen LogP contribution in [0.25, 0.3) is 10.4 Å². The van der Waals surface area contributed by atoms with Crippen molar-refractivity contribution in [2.45, 2.75) is 50.3 Å². The van der Waals surface area contributed by atoms with E-state index in [9.17, 15) is 15.7 Å². The van der Waals surface area contributed by atoms with Gasteiger partial charge in [0.05, 0.1) is 38.6 Å². The second-order valence-electron chi connectivity index (χ2n) is 8.40. The molecule has 0 fully saturated rings. The lowest BCUT2D eigenvalue weighted by Crippen LogP contribution is -2.51. The Kier molecular flexibility index (Phi) is 11.6. The number of azide groups is 1. The molecule has 0 aliphatic rings. The van der Waals surface area contributed by atoms with E-state index in [1.807, 2.05) is 91.0 Å². The number of aliphatic hydroxyl groups is 2. The molecule has 0 unspecified atom stereocenters. The number of nitrogens with zero attached hydrogens (tertiary/aromatic N) is 3. The predicted octanol–water partition coefficient (Wildman–Crippen LogP) is 4.41. The molecule has 192 valence electrons. The van der Waals surface area contributed by atoms with Crippen LogP contribution in [0.4, 0.5) is 0 Å². The number of terminal acetylenes is 1. The minimum Gasteiger partial charge on any atom is -0.390 e. The number of benzene rings is 3. The summed E-state index contributed by atoms with van der Waals surface area (Å²) < 4.78 is 17.8. The van der Waals surface area contributed by atoms with Crippen molar-refractivity contribution < 1.29 is 24.4 Å². The fraction of sp³-hybridized carbons (Fsp3) is 0.310. The summed E-state index contributed by atoms with van der Waals surface area (Å²) >= 11 is 0. The van der Waals surface area contributed by atoms with Crippen molar-refractivity contribution in [1.82, 2.24) is 0 Å². The Morgan fingerprint density at radius 2 is 1.22 bits per heavy atom. The van der Waals surface area contributed by atoms with Crippen LogP contribution in [0.15, 0.2) is 96.1 Å². The van der Waals surface area contributed by atoms with Crippen molar-refractivity contribution in [3.8, 4) is 12.3 Å². The molecule has 0 bridgehead atoms. The van der Waals surface area contributed by atoms with E-state index >= 15 is 0 Å². The number of rotatable bonds is 15. The molecule has 0 aliphatic heterocycles. The highest BCUT2D eigenvalue weighted by Crippen LogP contribution is 2.21. The summed E-state index contributed by atoms with van der Waals surface area (Å²) in [5, 5.41) is 25.8. The molecule has 5 atom stereocenters. The summed E-state index contributed by atoms with van der Waals surface area (Å²) in [5.41, 5.74) is 11.8. The van der Waals surface area contributed by atoms with Crippen molar-refractivity contribution in [3.63, 3.8) is 0 Å². The number of aliphatic hydroxyl groups excluding tert-OH is 2. The topological polar surface area (TPSA) is 117 Å². The molecular weight excluding hydrogens is 470 g/mol. The first-order valence-electron chi connectivity index (χ1n) is 11.9. The van der Waals surface area contributed by atoms with E-state index < -0.39 is 30.5 Å². The average Bonchev–Trinajstić information content (AvgIpc) is 2.95. The van der Waals surface area contributed by atoms with Gasteiger partial charge in [-0.05, 0) is 22.2 Å². The van der Waals surface area contributed by atoms with Gasteiger partial charge in [-0.25, -0.2) is 0 Å². The molecule has 8 nitrogen and oxygen atoms in total. The lowest BCUT2D eigenvalue weighted by atomic mass is 9.97. The number of ether oxygens (including phenoxy) is 3. The van der Waals surface area contributed by atoms with Crippen LogP contribution in [0.3, 0.4) is 0 Å². The minimum atomic E-state index is -1.39. The van der Waals surface area contributed by atoms with Gasteiger partial charge in [0.1, 0.15) is 18.3 Å². The smallest absolute Gasteiger partial charge is 0.143 e. The first kappa shape index (κ1) is 27.9. The molecule has 0 spiro atoms. The Bertz CT molecular complexity index is 1130. The maximum Gasteiger partial charge on any atom is 0.143 e. The van der Waals surface area contributed by atoms with Crippen LogP contribution < -0.4 is 0 Å². The molecule has 0 radical (unpaired) electrons. The third-order valence-corrected chi connectivity index (χ3v) is 5.71. The van der Waals surface area contributed by atoms with Crippen LogP contribution in [-0.2, 0) is 34.0 Å². The standard InChI is InChI=1S/C29H31N3O5/c1-2-26(33)28(36-19-23-14-8-4-9-15-23)29(37-20-24-16-10-5-11-17-24)27(34)25(31-32-30)21-35-18-22-12-6-3-7-13-22/h1,3-17,25-29,33-34H,18-21H2/t25-,26-,27-,28-,29+/m1/s1. The molecule has 0 amide bonds. The van der Waals surface area contributed by atoms with Gasteiger partial charge in [0.2, 0.25) is 0 Å². The lowest BCUT2D eigenvalue weighted by molar-refractivity contribution is -0.162. The van der Waals surface area contributed by atoms with Gasteiger partial charge in [-0.3, -0.25) is 0 Å². The van der Waals surface area contributed by atoms with Crippen molar-refractivity contribution in [2.75, 3.05) is 6.61 Å². The summed E-state index contributed by atoms with van der Waals surface area (Å²) in [6, 6.07) is 27.2. The quantitative estimate of drug-likeness (QED) is 0.138. The van der Waals surface area contributed by atoms with E-state index in [2.05, 4.69) is 15.9 Å². The monoisotopic (exact) mass is 501 g/mol. The first-order chi connectivity index (χ1) is 18.1.